The third kappa shape index (κ3) is 3.94. The Hall–Kier alpha value is -3.42. The minimum Gasteiger partial charge on any atom is -0.472 e. The van der Waals surface area contributed by atoms with Gasteiger partial charge in [-0.2, -0.15) is 0 Å². The molecule has 2 aliphatic heterocycles. The molecule has 2 bridgehead atoms. The molecule has 1 amide bonds. The number of rotatable bonds is 5. The third-order valence-corrected chi connectivity index (χ3v) is 6.64. The number of halogens is 2. The normalized spacial score (nSPS) is 24.0. The van der Waals surface area contributed by atoms with Gasteiger partial charge >= 0.3 is 0 Å². The number of hydrogen-bond donors (Lipinski definition) is 0. The Bertz CT molecular complexity index is 1140. The summed E-state index contributed by atoms with van der Waals surface area (Å²) in [7, 11) is 0. The molecule has 33 heavy (non-hydrogen) atoms. The molecule has 3 aliphatic rings. The van der Waals surface area contributed by atoms with Crippen LogP contribution in [0.5, 0.6) is 5.88 Å². The van der Waals surface area contributed by atoms with E-state index in [2.05, 4.69) is 15.0 Å². The first-order valence-corrected chi connectivity index (χ1v) is 11.1. The van der Waals surface area contributed by atoms with E-state index < -0.39 is 24.4 Å². The summed E-state index contributed by atoms with van der Waals surface area (Å²) < 4.78 is 35.3. The molecule has 1 aliphatic carbocycles. The first kappa shape index (κ1) is 21.4. The van der Waals surface area contributed by atoms with Crippen LogP contribution in [0.4, 0.5) is 8.78 Å². The summed E-state index contributed by atoms with van der Waals surface area (Å²) in [5.41, 5.74) is 1.17. The first-order valence-electron chi connectivity index (χ1n) is 11.1. The van der Waals surface area contributed by atoms with Crippen LogP contribution < -0.4 is 4.74 Å². The number of amides is 1. The van der Waals surface area contributed by atoms with E-state index in [1.807, 2.05) is 13.0 Å². The monoisotopic (exact) mass is 450 g/mol. The average molecular weight is 450 g/mol. The summed E-state index contributed by atoms with van der Waals surface area (Å²) in [4.78, 5) is 28.0. The first-order chi connectivity index (χ1) is 16.1. The molecular formula is C25H24F2N4O2. The number of aryl methyl sites for hydroxylation is 1. The van der Waals surface area contributed by atoms with E-state index in [-0.39, 0.29) is 35.0 Å². The number of fused-ring (bicyclic) bond motifs is 3. The number of benzene rings is 1. The minimum absolute atomic E-state index is 0.0276. The molecule has 4 atom stereocenters. The summed E-state index contributed by atoms with van der Waals surface area (Å²) in [6, 6.07) is 8.72. The van der Waals surface area contributed by atoms with Crippen molar-refractivity contribution in [3.05, 3.63) is 71.9 Å². The number of piperidine rings is 2. The lowest BCUT2D eigenvalue weighted by Crippen LogP contribution is -2.65. The third-order valence-electron chi connectivity index (χ3n) is 6.64. The van der Waals surface area contributed by atoms with E-state index in [0.717, 1.165) is 12.0 Å². The van der Waals surface area contributed by atoms with Gasteiger partial charge < -0.3 is 9.64 Å². The van der Waals surface area contributed by atoms with Gasteiger partial charge in [-0.05, 0) is 55.9 Å². The zero-order valence-electron chi connectivity index (χ0n) is 18.2. The Balaban J connectivity index is 1.50. The van der Waals surface area contributed by atoms with Gasteiger partial charge in [-0.15, -0.1) is 0 Å². The summed E-state index contributed by atoms with van der Waals surface area (Å²) in [6.45, 7) is 1.29. The van der Waals surface area contributed by atoms with E-state index in [0.29, 0.717) is 18.7 Å². The topological polar surface area (TPSA) is 68.2 Å². The second kappa shape index (κ2) is 8.84. The number of carbonyl (C=O) groups is 1. The molecule has 2 saturated heterocycles. The molecule has 0 radical (unpaired) electrons. The van der Waals surface area contributed by atoms with Crippen molar-refractivity contribution in [2.45, 2.75) is 44.4 Å². The van der Waals surface area contributed by atoms with E-state index in [4.69, 9.17) is 4.74 Å². The molecule has 8 heteroatoms. The summed E-state index contributed by atoms with van der Waals surface area (Å²) in [6.07, 6.45) is 6.57. The van der Waals surface area contributed by atoms with Gasteiger partial charge in [0.15, 0.2) is 5.82 Å². The molecular weight excluding hydrogens is 426 g/mol. The van der Waals surface area contributed by atoms with Crippen LogP contribution in [0.25, 0.3) is 11.4 Å². The van der Waals surface area contributed by atoms with Gasteiger partial charge in [0.2, 0.25) is 5.88 Å². The fourth-order valence-electron chi connectivity index (χ4n) is 5.09. The zero-order valence-corrected chi connectivity index (χ0v) is 18.2. The molecule has 4 unspecified atom stereocenters. The van der Waals surface area contributed by atoms with Crippen molar-refractivity contribution in [3.63, 3.8) is 0 Å². The highest BCUT2D eigenvalue weighted by Crippen LogP contribution is 2.43. The van der Waals surface area contributed by atoms with Crippen LogP contribution >= 0.6 is 0 Å². The van der Waals surface area contributed by atoms with Gasteiger partial charge in [-0.25, -0.2) is 23.7 Å². The van der Waals surface area contributed by atoms with Gasteiger partial charge in [-0.1, -0.05) is 12.1 Å². The van der Waals surface area contributed by atoms with Crippen molar-refractivity contribution in [1.82, 2.24) is 19.9 Å². The standard InChI is InChI=1S/C25H24F2N4O2/c1-15-6-9-22(30-14-15)33-21-12-16-7-8-19(21)31(20(16)13-26)25(32)17-4-2-5-18(27)23(17)24-28-10-3-11-29-24/h2-6,9-11,14,16,19-21H,7-8,12-13H2,1H3. The van der Waals surface area contributed by atoms with Gasteiger partial charge in [-0.3, -0.25) is 4.79 Å². The SMILES string of the molecule is Cc1ccc(OC2CC3CCC2N(C(=O)c2cccc(F)c2-c2ncccn2)C3CF)nc1. The predicted molar refractivity (Wildman–Crippen MR) is 118 cm³/mol. The maximum Gasteiger partial charge on any atom is 0.255 e. The predicted octanol–water partition coefficient (Wildman–Crippen LogP) is 4.40. The van der Waals surface area contributed by atoms with E-state index >= 15 is 0 Å². The number of ether oxygens (including phenoxy) is 1. The number of alkyl halides is 1. The fraction of sp³-hybridized carbons (Fsp3) is 0.360. The van der Waals surface area contributed by atoms with Crippen LogP contribution in [-0.4, -0.2) is 50.6 Å². The Morgan fingerprint density at radius 1 is 1.12 bits per heavy atom. The highest BCUT2D eigenvalue weighted by atomic mass is 19.1. The van der Waals surface area contributed by atoms with Crippen LogP contribution in [0.2, 0.25) is 0 Å². The van der Waals surface area contributed by atoms with Crippen molar-refractivity contribution in [3.8, 4) is 17.3 Å². The lowest BCUT2D eigenvalue weighted by atomic mass is 9.72. The lowest BCUT2D eigenvalue weighted by Gasteiger charge is -2.53. The molecule has 3 fully saturated rings. The second-order valence-corrected chi connectivity index (χ2v) is 8.64. The molecule has 1 aromatic carbocycles. The zero-order chi connectivity index (χ0) is 22.9. The summed E-state index contributed by atoms with van der Waals surface area (Å²) >= 11 is 0. The number of pyridine rings is 1. The molecule has 4 heterocycles. The molecule has 0 spiro atoms. The van der Waals surface area contributed by atoms with Gasteiger partial charge in [0.05, 0.1) is 23.2 Å². The molecule has 2 aromatic heterocycles. The van der Waals surface area contributed by atoms with Crippen molar-refractivity contribution >= 4 is 5.91 Å². The Morgan fingerprint density at radius 3 is 2.67 bits per heavy atom. The van der Waals surface area contributed by atoms with Crippen LogP contribution in [-0.2, 0) is 0 Å². The molecule has 3 aromatic rings. The van der Waals surface area contributed by atoms with Crippen LogP contribution in [0.1, 0.15) is 35.2 Å². The van der Waals surface area contributed by atoms with E-state index in [9.17, 15) is 13.6 Å². The Labute approximate surface area is 190 Å². The van der Waals surface area contributed by atoms with Gasteiger partial charge in [0.1, 0.15) is 18.6 Å². The van der Waals surface area contributed by atoms with Crippen LogP contribution in [0.15, 0.2) is 55.0 Å². The maximum atomic E-state index is 14.9. The highest BCUT2D eigenvalue weighted by molar-refractivity contribution is 6.00. The average Bonchev–Trinajstić information content (AvgIpc) is 2.85. The minimum atomic E-state index is -0.658. The number of carbonyl (C=O) groups excluding carboxylic acids is 1. The molecule has 0 N–H and O–H groups in total. The van der Waals surface area contributed by atoms with Crippen LogP contribution in [0, 0.1) is 18.7 Å². The largest absolute Gasteiger partial charge is 0.472 e. The number of nitrogens with zero attached hydrogens (tertiary/aromatic N) is 4. The van der Waals surface area contributed by atoms with Crippen molar-refractivity contribution in [1.29, 1.82) is 0 Å². The van der Waals surface area contributed by atoms with Gasteiger partial charge in [0.25, 0.3) is 5.91 Å². The van der Waals surface area contributed by atoms with Crippen molar-refractivity contribution in [2.24, 2.45) is 5.92 Å². The van der Waals surface area contributed by atoms with E-state index in [1.54, 1.807) is 29.3 Å². The van der Waals surface area contributed by atoms with Crippen molar-refractivity contribution in [2.75, 3.05) is 6.67 Å². The van der Waals surface area contributed by atoms with Crippen LogP contribution in [0.3, 0.4) is 0 Å². The quantitative estimate of drug-likeness (QED) is 0.577. The molecule has 6 rings (SSSR count). The Kier molecular flexibility index (Phi) is 5.74. The second-order valence-electron chi connectivity index (χ2n) is 8.64. The summed E-state index contributed by atoms with van der Waals surface area (Å²) in [5.74, 6) is -0.465. The maximum absolute atomic E-state index is 14.9. The number of hydrogen-bond acceptors (Lipinski definition) is 5. The molecule has 6 nitrogen and oxygen atoms in total. The Morgan fingerprint density at radius 2 is 1.94 bits per heavy atom. The van der Waals surface area contributed by atoms with E-state index in [1.165, 1.54) is 24.5 Å². The van der Waals surface area contributed by atoms with Gasteiger partial charge in [0, 0.05) is 24.7 Å². The molecule has 170 valence electrons. The molecule has 1 saturated carbocycles. The summed E-state index contributed by atoms with van der Waals surface area (Å²) in [5, 5.41) is 0. The smallest absolute Gasteiger partial charge is 0.255 e. The fourth-order valence-corrected chi connectivity index (χ4v) is 5.09. The lowest BCUT2D eigenvalue weighted by molar-refractivity contribution is -0.0703. The van der Waals surface area contributed by atoms with Crippen molar-refractivity contribution < 1.29 is 18.3 Å². The highest BCUT2D eigenvalue weighted by Gasteiger charge is 2.50. The number of aromatic nitrogens is 3.